The fourth-order valence-electron chi connectivity index (χ4n) is 2.37. The number of aromatic nitrogens is 1. The lowest BCUT2D eigenvalue weighted by molar-refractivity contribution is 0.199. The van der Waals surface area contributed by atoms with Gasteiger partial charge in [0.15, 0.2) is 0 Å². The smallest absolute Gasteiger partial charge is 0.0587 e. The van der Waals surface area contributed by atoms with Gasteiger partial charge in [0.1, 0.15) is 0 Å². The lowest BCUT2D eigenvalue weighted by Gasteiger charge is -2.04. The molecule has 0 aliphatic carbocycles. The number of fused-ring (bicyclic) bond motifs is 1. The average Bonchev–Trinajstić information content (AvgIpc) is 2.81. The molecule has 0 radical (unpaired) electrons. The fourth-order valence-corrected chi connectivity index (χ4v) is 3.15. The molecule has 1 aromatic carbocycles. The monoisotopic (exact) mass is 326 g/mol. The molecule has 2 aromatic rings. The summed E-state index contributed by atoms with van der Waals surface area (Å²) in [5.41, 5.74) is 2.54. The van der Waals surface area contributed by atoms with E-state index in [1.165, 1.54) is 16.5 Å². The molecule has 0 atom stereocenters. The van der Waals surface area contributed by atoms with Gasteiger partial charge < -0.3 is 14.6 Å². The van der Waals surface area contributed by atoms with E-state index in [9.17, 15) is 0 Å². The van der Waals surface area contributed by atoms with E-state index in [2.05, 4.69) is 35.1 Å². The number of benzene rings is 1. The lowest BCUT2D eigenvalue weighted by Crippen LogP contribution is -2.18. The topological polar surface area (TPSA) is 26.2 Å². The van der Waals surface area contributed by atoms with Crippen molar-refractivity contribution in [2.24, 2.45) is 0 Å². The van der Waals surface area contributed by atoms with Crippen LogP contribution in [0.2, 0.25) is 5.02 Å². The normalized spacial score (nSPS) is 11.4. The van der Waals surface area contributed by atoms with Gasteiger partial charge in [0, 0.05) is 54.6 Å². The van der Waals surface area contributed by atoms with Crippen molar-refractivity contribution >= 4 is 34.3 Å². The Hall–Kier alpha value is -0.680. The maximum atomic E-state index is 6.16. The van der Waals surface area contributed by atoms with Gasteiger partial charge in [-0.05, 0) is 23.4 Å². The molecule has 1 N–H and O–H groups in total. The third-order valence-corrected chi connectivity index (χ3v) is 4.52. The molecule has 0 amide bonds. The van der Waals surface area contributed by atoms with Gasteiger partial charge in [-0.1, -0.05) is 24.6 Å². The zero-order chi connectivity index (χ0) is 15.1. The predicted octanol–water partition coefficient (Wildman–Crippen LogP) is 3.78. The third-order valence-electron chi connectivity index (χ3n) is 3.41. The summed E-state index contributed by atoms with van der Waals surface area (Å²) in [6.45, 7) is 5.67. The van der Waals surface area contributed by atoms with E-state index in [4.69, 9.17) is 16.3 Å². The van der Waals surface area contributed by atoms with Gasteiger partial charge in [-0.3, -0.25) is 0 Å². The number of thioether (sulfide) groups is 1. The van der Waals surface area contributed by atoms with Crippen molar-refractivity contribution in [3.8, 4) is 0 Å². The minimum absolute atomic E-state index is 0.734. The van der Waals surface area contributed by atoms with E-state index in [0.717, 1.165) is 42.8 Å². The molecule has 3 nitrogen and oxygen atoms in total. The highest BCUT2D eigenvalue weighted by Crippen LogP contribution is 2.25. The van der Waals surface area contributed by atoms with Crippen LogP contribution in [-0.4, -0.2) is 36.3 Å². The molecule has 0 bridgehead atoms. The summed E-state index contributed by atoms with van der Waals surface area (Å²) in [5, 5.41) is 5.49. The molecule has 116 valence electrons. The maximum Gasteiger partial charge on any atom is 0.0587 e. The van der Waals surface area contributed by atoms with Gasteiger partial charge in [0.25, 0.3) is 0 Å². The average molecular weight is 327 g/mol. The Morgan fingerprint density at radius 1 is 1.38 bits per heavy atom. The van der Waals surface area contributed by atoms with Crippen molar-refractivity contribution < 1.29 is 4.74 Å². The number of rotatable bonds is 9. The second-order valence-electron chi connectivity index (χ2n) is 4.88. The van der Waals surface area contributed by atoms with Gasteiger partial charge in [-0.2, -0.15) is 11.8 Å². The Morgan fingerprint density at radius 2 is 2.24 bits per heavy atom. The molecule has 0 aliphatic heterocycles. The summed E-state index contributed by atoms with van der Waals surface area (Å²) in [4.78, 5) is 0. The van der Waals surface area contributed by atoms with E-state index >= 15 is 0 Å². The zero-order valence-electron chi connectivity index (χ0n) is 12.7. The first-order valence-electron chi connectivity index (χ1n) is 7.31. The number of nitrogens with one attached hydrogen (secondary N) is 1. The molecule has 0 unspecified atom stereocenters. The zero-order valence-corrected chi connectivity index (χ0v) is 14.3. The minimum Gasteiger partial charge on any atom is -0.383 e. The summed E-state index contributed by atoms with van der Waals surface area (Å²) >= 11 is 8.12. The largest absolute Gasteiger partial charge is 0.383 e. The summed E-state index contributed by atoms with van der Waals surface area (Å²) < 4.78 is 7.38. The Balaban J connectivity index is 2.16. The van der Waals surface area contributed by atoms with Gasteiger partial charge in [0.05, 0.1) is 6.61 Å². The fraction of sp³-hybridized carbons (Fsp3) is 0.500. The molecule has 0 saturated carbocycles. The quantitative estimate of drug-likeness (QED) is 0.710. The van der Waals surface area contributed by atoms with Crippen molar-refractivity contribution in [2.75, 3.05) is 31.8 Å². The molecule has 0 saturated heterocycles. The Bertz CT molecular complexity index is 571. The van der Waals surface area contributed by atoms with Crippen LogP contribution in [0.25, 0.3) is 10.9 Å². The highest BCUT2D eigenvalue weighted by Gasteiger charge is 2.08. The number of ether oxygens (including phenoxy) is 1. The second kappa shape index (κ2) is 8.69. The molecule has 1 heterocycles. The standard InChI is InChI=1S/C16H23ClN2OS/c1-3-21-9-7-19-12-13(11-18-6-8-20-2)15-5-4-14(17)10-16(15)19/h4-5,10,12,18H,3,6-9,11H2,1-2H3. The van der Waals surface area contributed by atoms with Crippen LogP contribution < -0.4 is 5.32 Å². The third kappa shape index (κ3) is 4.65. The number of methoxy groups -OCH3 is 1. The van der Waals surface area contributed by atoms with Gasteiger partial charge in [0.2, 0.25) is 0 Å². The first kappa shape index (κ1) is 16.7. The molecule has 1 aromatic heterocycles. The summed E-state index contributed by atoms with van der Waals surface area (Å²) in [5.74, 6) is 2.29. The number of halogens is 1. The molecular weight excluding hydrogens is 304 g/mol. The summed E-state index contributed by atoms with van der Waals surface area (Å²) in [7, 11) is 1.72. The molecule has 0 fully saturated rings. The number of aryl methyl sites for hydroxylation is 1. The number of hydrogen-bond acceptors (Lipinski definition) is 3. The van der Waals surface area contributed by atoms with Crippen molar-refractivity contribution in [3.63, 3.8) is 0 Å². The predicted molar refractivity (Wildman–Crippen MR) is 93.5 cm³/mol. The molecular formula is C16H23ClN2OS. The molecule has 0 spiro atoms. The van der Waals surface area contributed by atoms with Crippen LogP contribution in [0.4, 0.5) is 0 Å². The van der Waals surface area contributed by atoms with Gasteiger partial charge in [-0.15, -0.1) is 0 Å². The minimum atomic E-state index is 0.734. The second-order valence-corrected chi connectivity index (χ2v) is 6.71. The first-order valence-corrected chi connectivity index (χ1v) is 8.84. The highest BCUT2D eigenvalue weighted by molar-refractivity contribution is 7.99. The Labute approximate surface area is 136 Å². The van der Waals surface area contributed by atoms with Crippen LogP contribution in [0.15, 0.2) is 24.4 Å². The molecule has 5 heteroatoms. The van der Waals surface area contributed by atoms with Crippen molar-refractivity contribution in [2.45, 2.75) is 20.0 Å². The van der Waals surface area contributed by atoms with E-state index < -0.39 is 0 Å². The lowest BCUT2D eigenvalue weighted by atomic mass is 10.2. The van der Waals surface area contributed by atoms with Crippen LogP contribution in [-0.2, 0) is 17.8 Å². The Kier molecular flexibility index (Phi) is 6.90. The molecule has 2 rings (SSSR count). The Morgan fingerprint density at radius 3 is 3.00 bits per heavy atom. The van der Waals surface area contributed by atoms with Crippen LogP contribution >= 0.6 is 23.4 Å². The van der Waals surface area contributed by atoms with E-state index in [0.29, 0.717) is 0 Å². The number of hydrogen-bond donors (Lipinski definition) is 1. The summed E-state index contributed by atoms with van der Waals surface area (Å²) in [6, 6.07) is 6.15. The summed E-state index contributed by atoms with van der Waals surface area (Å²) in [6.07, 6.45) is 2.25. The van der Waals surface area contributed by atoms with Crippen molar-refractivity contribution in [1.82, 2.24) is 9.88 Å². The van der Waals surface area contributed by atoms with Gasteiger partial charge >= 0.3 is 0 Å². The van der Waals surface area contributed by atoms with E-state index in [1.54, 1.807) is 7.11 Å². The first-order chi connectivity index (χ1) is 10.3. The molecule has 0 aliphatic rings. The maximum absolute atomic E-state index is 6.16. The van der Waals surface area contributed by atoms with Crippen LogP contribution in [0, 0.1) is 0 Å². The van der Waals surface area contributed by atoms with Crippen molar-refractivity contribution in [1.29, 1.82) is 0 Å². The van der Waals surface area contributed by atoms with E-state index in [-0.39, 0.29) is 0 Å². The molecule has 21 heavy (non-hydrogen) atoms. The van der Waals surface area contributed by atoms with Crippen LogP contribution in [0.5, 0.6) is 0 Å². The SMILES string of the molecule is CCSCCn1cc(CNCCOC)c2ccc(Cl)cc21. The highest BCUT2D eigenvalue weighted by atomic mass is 35.5. The van der Waals surface area contributed by atoms with Crippen molar-refractivity contribution in [3.05, 3.63) is 35.0 Å². The van der Waals surface area contributed by atoms with Gasteiger partial charge in [-0.25, -0.2) is 0 Å². The number of nitrogens with zero attached hydrogens (tertiary/aromatic N) is 1. The van der Waals surface area contributed by atoms with Crippen LogP contribution in [0.1, 0.15) is 12.5 Å². The van der Waals surface area contributed by atoms with E-state index in [1.807, 2.05) is 17.8 Å². The van der Waals surface area contributed by atoms with Crippen LogP contribution in [0.3, 0.4) is 0 Å².